The quantitative estimate of drug-likeness (QED) is 0.687. The summed E-state index contributed by atoms with van der Waals surface area (Å²) in [6.07, 6.45) is 0. The van der Waals surface area contributed by atoms with Gasteiger partial charge >= 0.3 is 0 Å². The average molecular weight is 383 g/mol. The van der Waals surface area contributed by atoms with Gasteiger partial charge in [-0.3, -0.25) is 4.79 Å². The predicted octanol–water partition coefficient (Wildman–Crippen LogP) is 3.37. The monoisotopic (exact) mass is 382 g/mol. The highest BCUT2D eigenvalue weighted by molar-refractivity contribution is 7.18. The highest BCUT2D eigenvalue weighted by Gasteiger charge is 2.22. The molecule has 3 aromatic rings. The molecule has 0 bridgehead atoms. The summed E-state index contributed by atoms with van der Waals surface area (Å²) in [5.41, 5.74) is 4.69. The van der Waals surface area contributed by atoms with Gasteiger partial charge in [-0.15, -0.1) is 11.3 Å². The Morgan fingerprint density at radius 1 is 1.15 bits per heavy atom. The molecule has 0 aliphatic carbocycles. The van der Waals surface area contributed by atoms with Crippen molar-refractivity contribution in [3.63, 3.8) is 0 Å². The van der Waals surface area contributed by atoms with Crippen LogP contribution in [0.3, 0.4) is 0 Å². The van der Waals surface area contributed by atoms with Crippen molar-refractivity contribution in [2.24, 2.45) is 0 Å². The number of hydrogen-bond donors (Lipinski definition) is 2. The Balaban J connectivity index is 1.61. The van der Waals surface area contributed by atoms with Crippen LogP contribution in [-0.4, -0.2) is 24.5 Å². The van der Waals surface area contributed by atoms with E-state index in [4.69, 9.17) is 4.98 Å². The fraction of sp³-hybridized carbons (Fsp3) is 0.364. The highest BCUT2D eigenvalue weighted by atomic mass is 32.1. The number of aryl methyl sites for hydroxylation is 2. The molecule has 3 rings (SSSR count). The molecule has 2 N–H and O–H groups in total. The number of fused-ring (bicyclic) bond motifs is 1. The van der Waals surface area contributed by atoms with E-state index in [1.165, 1.54) is 15.8 Å². The van der Waals surface area contributed by atoms with Crippen molar-refractivity contribution in [2.75, 3.05) is 13.6 Å². The Kier molecular flexibility index (Phi) is 5.92. The summed E-state index contributed by atoms with van der Waals surface area (Å²) >= 11 is 1.71. The molecular weight excluding hydrogens is 354 g/mol. The number of aromatic nitrogens is 1. The smallest absolute Gasteiger partial charge is 0.275 e. The third-order valence-electron chi connectivity index (χ3n) is 5.27. The zero-order valence-corrected chi connectivity index (χ0v) is 17.5. The maximum absolute atomic E-state index is 12.5. The van der Waals surface area contributed by atoms with Crippen LogP contribution < -0.4 is 10.2 Å². The number of nitrogens with one attached hydrogen (secondary N) is 2. The minimum Gasteiger partial charge on any atom is -0.345 e. The Morgan fingerprint density at radius 3 is 2.59 bits per heavy atom. The number of rotatable bonds is 6. The van der Waals surface area contributed by atoms with E-state index in [0.717, 1.165) is 21.0 Å². The number of carbonyl (C=O) groups is 1. The standard InChI is InChI=1S/C22H27N3OS/c1-14-10-11-18(12-15(14)2)16(3)23-21(26)13-25(5)17(4)22-24-19-8-6-7-9-20(19)27-22/h6-12,16-17H,13H2,1-5H3,(H,23,26)/p+1/t16-,17+/m1/s1. The number of nitrogens with zero attached hydrogens (tertiary/aromatic N) is 1. The van der Waals surface area contributed by atoms with Crippen molar-refractivity contribution in [2.45, 2.75) is 39.8 Å². The number of amides is 1. The van der Waals surface area contributed by atoms with Gasteiger partial charge in [0.2, 0.25) is 0 Å². The van der Waals surface area contributed by atoms with Gasteiger partial charge in [0.25, 0.3) is 5.91 Å². The number of quaternary nitrogens is 1. The predicted molar refractivity (Wildman–Crippen MR) is 112 cm³/mol. The Labute approximate surface area is 165 Å². The maximum atomic E-state index is 12.5. The van der Waals surface area contributed by atoms with Gasteiger partial charge in [-0.05, 0) is 56.5 Å². The van der Waals surface area contributed by atoms with Crippen LogP contribution in [0.2, 0.25) is 0 Å². The van der Waals surface area contributed by atoms with E-state index < -0.39 is 0 Å². The Hall–Kier alpha value is -2.24. The molecule has 0 saturated carbocycles. The third-order valence-corrected chi connectivity index (χ3v) is 6.49. The van der Waals surface area contributed by atoms with E-state index in [9.17, 15) is 4.79 Å². The Bertz CT molecular complexity index is 917. The first-order valence-corrected chi connectivity index (χ1v) is 10.2. The first kappa shape index (κ1) is 19.5. The zero-order valence-electron chi connectivity index (χ0n) is 16.7. The fourth-order valence-corrected chi connectivity index (χ4v) is 4.21. The molecule has 5 heteroatoms. The van der Waals surface area contributed by atoms with E-state index in [-0.39, 0.29) is 18.0 Å². The second-order valence-electron chi connectivity index (χ2n) is 7.40. The highest BCUT2D eigenvalue weighted by Crippen LogP contribution is 2.24. The largest absolute Gasteiger partial charge is 0.345 e. The molecule has 0 spiro atoms. The number of hydrogen-bond acceptors (Lipinski definition) is 3. The zero-order chi connectivity index (χ0) is 19.6. The lowest BCUT2D eigenvalue weighted by atomic mass is 10.0. The van der Waals surface area contributed by atoms with Crippen LogP contribution in [0.4, 0.5) is 0 Å². The van der Waals surface area contributed by atoms with Crippen LogP contribution in [0.5, 0.6) is 0 Å². The van der Waals surface area contributed by atoms with E-state index in [0.29, 0.717) is 6.54 Å². The van der Waals surface area contributed by atoms with Crippen molar-refractivity contribution in [3.8, 4) is 0 Å². The van der Waals surface area contributed by atoms with E-state index >= 15 is 0 Å². The Morgan fingerprint density at radius 2 is 1.89 bits per heavy atom. The molecule has 1 unspecified atom stereocenters. The molecular formula is C22H28N3OS+. The van der Waals surface area contributed by atoms with Crippen LogP contribution in [0, 0.1) is 13.8 Å². The first-order chi connectivity index (χ1) is 12.8. The number of para-hydroxylation sites is 1. The normalized spacial score (nSPS) is 14.7. The summed E-state index contributed by atoms with van der Waals surface area (Å²) in [6, 6.07) is 14.7. The summed E-state index contributed by atoms with van der Waals surface area (Å²) in [5, 5.41) is 4.20. The minimum atomic E-state index is 0.00218. The van der Waals surface area contributed by atoms with Crippen molar-refractivity contribution in [1.82, 2.24) is 10.3 Å². The maximum Gasteiger partial charge on any atom is 0.275 e. The van der Waals surface area contributed by atoms with Gasteiger partial charge in [-0.2, -0.15) is 0 Å². The molecule has 2 aromatic carbocycles. The lowest BCUT2D eigenvalue weighted by molar-refractivity contribution is -0.902. The molecule has 27 heavy (non-hydrogen) atoms. The van der Waals surface area contributed by atoms with Gasteiger partial charge in [0, 0.05) is 0 Å². The van der Waals surface area contributed by atoms with Crippen LogP contribution in [0.25, 0.3) is 10.2 Å². The van der Waals surface area contributed by atoms with Gasteiger partial charge in [-0.25, -0.2) is 4.98 Å². The van der Waals surface area contributed by atoms with E-state index in [2.05, 4.69) is 57.4 Å². The fourth-order valence-electron chi connectivity index (χ4n) is 3.10. The van der Waals surface area contributed by atoms with E-state index in [1.54, 1.807) is 11.3 Å². The summed E-state index contributed by atoms with van der Waals surface area (Å²) in [4.78, 5) is 18.4. The van der Waals surface area contributed by atoms with Crippen LogP contribution >= 0.6 is 11.3 Å². The van der Waals surface area contributed by atoms with Crippen molar-refractivity contribution in [1.29, 1.82) is 0 Å². The van der Waals surface area contributed by atoms with Crippen molar-refractivity contribution >= 4 is 27.5 Å². The number of likely N-dealkylation sites (N-methyl/N-ethyl adjacent to an activating group) is 1. The summed E-state index contributed by atoms with van der Waals surface area (Å²) in [7, 11) is 2.05. The van der Waals surface area contributed by atoms with Crippen LogP contribution in [0.15, 0.2) is 42.5 Å². The van der Waals surface area contributed by atoms with Gasteiger partial charge in [0.1, 0.15) is 6.04 Å². The van der Waals surface area contributed by atoms with Gasteiger partial charge in [0.15, 0.2) is 11.6 Å². The van der Waals surface area contributed by atoms with Gasteiger partial charge < -0.3 is 10.2 Å². The summed E-state index contributed by atoms with van der Waals surface area (Å²) in [5.74, 6) is 0.0613. The molecule has 0 radical (unpaired) electrons. The molecule has 4 nitrogen and oxygen atoms in total. The first-order valence-electron chi connectivity index (χ1n) is 9.39. The molecule has 0 aliphatic heterocycles. The van der Waals surface area contributed by atoms with Gasteiger partial charge in [0.05, 0.1) is 23.3 Å². The van der Waals surface area contributed by atoms with Gasteiger partial charge in [-0.1, -0.05) is 30.3 Å². The van der Waals surface area contributed by atoms with Crippen LogP contribution in [0.1, 0.15) is 47.6 Å². The third kappa shape index (κ3) is 4.54. The van der Waals surface area contributed by atoms with Crippen molar-refractivity contribution in [3.05, 3.63) is 64.2 Å². The van der Waals surface area contributed by atoms with E-state index in [1.807, 2.05) is 25.1 Å². The summed E-state index contributed by atoms with van der Waals surface area (Å²) in [6.45, 7) is 8.79. The number of thiazole rings is 1. The van der Waals surface area contributed by atoms with Crippen LogP contribution in [-0.2, 0) is 4.79 Å². The second-order valence-corrected chi connectivity index (χ2v) is 8.46. The number of carbonyl (C=O) groups excluding carboxylic acids is 1. The molecule has 1 amide bonds. The summed E-state index contributed by atoms with van der Waals surface area (Å²) < 4.78 is 1.19. The molecule has 1 heterocycles. The molecule has 3 atom stereocenters. The topological polar surface area (TPSA) is 46.4 Å². The molecule has 142 valence electrons. The van der Waals surface area contributed by atoms with Crippen molar-refractivity contribution < 1.29 is 9.69 Å². The minimum absolute atomic E-state index is 0.00218. The molecule has 0 fully saturated rings. The average Bonchev–Trinajstić information content (AvgIpc) is 3.07. The molecule has 0 saturated heterocycles. The second kappa shape index (κ2) is 8.19. The SMILES string of the molecule is Cc1ccc([C@@H](C)NC(=O)C[NH+](C)[C@@H](C)c2nc3ccccc3s2)cc1C. The lowest BCUT2D eigenvalue weighted by Gasteiger charge is -2.21. The number of benzene rings is 2. The molecule has 1 aromatic heterocycles. The lowest BCUT2D eigenvalue weighted by Crippen LogP contribution is -3.10. The molecule has 0 aliphatic rings.